The zero-order valence-corrected chi connectivity index (χ0v) is 12.8. The van der Waals surface area contributed by atoms with Crippen LogP contribution in [-0.2, 0) is 4.79 Å². The standard InChI is InChI=1S/C14H17N3O4.ClH/c18-14(16-7-10-5-15-6-11(10)8-16)9-21-13-3-1-12(2-4-13)17(19)20;/h1-4,10-11,15H,5-9H2;1H/t10-,11+;. The van der Waals surface area contributed by atoms with Crippen molar-refractivity contribution in [2.45, 2.75) is 0 Å². The molecule has 2 fully saturated rings. The second-order valence-corrected chi connectivity index (χ2v) is 5.52. The van der Waals surface area contributed by atoms with Crippen molar-refractivity contribution >= 4 is 24.0 Å². The molecule has 0 spiro atoms. The van der Waals surface area contributed by atoms with E-state index >= 15 is 0 Å². The second-order valence-electron chi connectivity index (χ2n) is 5.52. The third kappa shape index (κ3) is 3.48. The predicted molar refractivity (Wildman–Crippen MR) is 82.3 cm³/mol. The van der Waals surface area contributed by atoms with Gasteiger partial charge in [0, 0.05) is 38.3 Å². The molecule has 22 heavy (non-hydrogen) atoms. The summed E-state index contributed by atoms with van der Waals surface area (Å²) in [5.41, 5.74) is 0.00791. The molecular formula is C14H18ClN3O4. The summed E-state index contributed by atoms with van der Waals surface area (Å²) in [6, 6.07) is 5.75. The molecule has 120 valence electrons. The molecule has 0 saturated carbocycles. The molecule has 2 aliphatic rings. The van der Waals surface area contributed by atoms with Crippen LogP contribution in [0.1, 0.15) is 0 Å². The molecule has 7 nitrogen and oxygen atoms in total. The van der Waals surface area contributed by atoms with Crippen LogP contribution in [0.4, 0.5) is 5.69 Å². The average Bonchev–Trinajstić information content (AvgIpc) is 3.06. The maximum atomic E-state index is 12.1. The van der Waals surface area contributed by atoms with E-state index in [-0.39, 0.29) is 30.6 Å². The first-order valence-electron chi connectivity index (χ1n) is 6.99. The average molecular weight is 328 g/mol. The first kappa shape index (κ1) is 16.5. The highest BCUT2D eigenvalue weighted by Gasteiger charge is 2.37. The minimum absolute atomic E-state index is 0. The topological polar surface area (TPSA) is 84.7 Å². The largest absolute Gasteiger partial charge is 0.484 e. The van der Waals surface area contributed by atoms with Gasteiger partial charge >= 0.3 is 0 Å². The SMILES string of the molecule is Cl.O=C(COc1ccc([N+](=O)[O-])cc1)N1C[C@H]2CNC[C@H]2C1. The lowest BCUT2D eigenvalue weighted by atomic mass is 10.0. The maximum absolute atomic E-state index is 12.1. The van der Waals surface area contributed by atoms with Crippen LogP contribution in [0.5, 0.6) is 5.75 Å². The number of carbonyl (C=O) groups excluding carboxylic acids is 1. The number of nitrogens with zero attached hydrogens (tertiary/aromatic N) is 2. The molecule has 3 rings (SSSR count). The van der Waals surface area contributed by atoms with Gasteiger partial charge in [0.05, 0.1) is 4.92 Å². The van der Waals surface area contributed by atoms with Gasteiger partial charge in [-0.05, 0) is 24.0 Å². The maximum Gasteiger partial charge on any atom is 0.269 e. The molecule has 2 atom stereocenters. The number of carbonyl (C=O) groups is 1. The van der Waals surface area contributed by atoms with E-state index in [1.165, 1.54) is 24.3 Å². The lowest BCUT2D eigenvalue weighted by molar-refractivity contribution is -0.384. The van der Waals surface area contributed by atoms with E-state index in [0.29, 0.717) is 17.6 Å². The number of non-ortho nitro benzene ring substituents is 1. The van der Waals surface area contributed by atoms with Crippen LogP contribution >= 0.6 is 12.4 Å². The number of rotatable bonds is 4. The number of hydrogen-bond acceptors (Lipinski definition) is 5. The van der Waals surface area contributed by atoms with Gasteiger partial charge < -0.3 is 15.0 Å². The summed E-state index contributed by atoms with van der Waals surface area (Å²) >= 11 is 0. The molecule has 0 aromatic heterocycles. The molecule has 0 radical (unpaired) electrons. The molecule has 2 heterocycles. The van der Waals surface area contributed by atoms with Crippen molar-refractivity contribution in [3.8, 4) is 5.75 Å². The minimum atomic E-state index is -0.466. The number of amides is 1. The molecule has 1 aromatic carbocycles. The summed E-state index contributed by atoms with van der Waals surface area (Å²) < 4.78 is 5.41. The Hall–Kier alpha value is -1.86. The Morgan fingerprint density at radius 1 is 1.27 bits per heavy atom. The van der Waals surface area contributed by atoms with Crippen molar-refractivity contribution < 1.29 is 14.5 Å². The molecule has 0 bridgehead atoms. The number of nitro benzene ring substituents is 1. The number of nitrogens with one attached hydrogen (secondary N) is 1. The fraction of sp³-hybridized carbons (Fsp3) is 0.500. The molecule has 1 aromatic rings. The van der Waals surface area contributed by atoms with E-state index in [1.807, 2.05) is 4.90 Å². The highest BCUT2D eigenvalue weighted by atomic mass is 35.5. The Morgan fingerprint density at radius 3 is 2.41 bits per heavy atom. The minimum Gasteiger partial charge on any atom is -0.484 e. The van der Waals surface area contributed by atoms with Crippen molar-refractivity contribution in [3.63, 3.8) is 0 Å². The van der Waals surface area contributed by atoms with Gasteiger partial charge in [-0.25, -0.2) is 0 Å². The second kappa shape index (κ2) is 6.93. The van der Waals surface area contributed by atoms with Gasteiger partial charge in [0.25, 0.3) is 11.6 Å². The number of nitro groups is 1. The van der Waals surface area contributed by atoms with Crippen molar-refractivity contribution in [2.24, 2.45) is 11.8 Å². The van der Waals surface area contributed by atoms with E-state index in [0.717, 1.165) is 26.2 Å². The number of hydrogen-bond donors (Lipinski definition) is 1. The summed E-state index contributed by atoms with van der Waals surface area (Å²) in [6.07, 6.45) is 0. The van der Waals surface area contributed by atoms with Crippen LogP contribution in [0.25, 0.3) is 0 Å². The first-order chi connectivity index (χ1) is 10.1. The zero-order valence-electron chi connectivity index (χ0n) is 11.9. The van der Waals surface area contributed by atoms with Crippen LogP contribution in [0.3, 0.4) is 0 Å². The lowest BCUT2D eigenvalue weighted by Crippen LogP contribution is -2.35. The van der Waals surface area contributed by atoms with Crippen LogP contribution in [0, 0.1) is 22.0 Å². The monoisotopic (exact) mass is 327 g/mol. The van der Waals surface area contributed by atoms with E-state index in [2.05, 4.69) is 5.32 Å². The Morgan fingerprint density at radius 2 is 1.86 bits per heavy atom. The highest BCUT2D eigenvalue weighted by molar-refractivity contribution is 5.85. The summed E-state index contributed by atoms with van der Waals surface area (Å²) in [4.78, 5) is 24.0. The van der Waals surface area contributed by atoms with Crippen LogP contribution < -0.4 is 10.1 Å². The molecule has 1 amide bonds. The smallest absolute Gasteiger partial charge is 0.269 e. The summed E-state index contributed by atoms with van der Waals surface area (Å²) in [5.74, 6) is 1.57. The fourth-order valence-corrected chi connectivity index (χ4v) is 2.96. The summed E-state index contributed by atoms with van der Waals surface area (Å²) in [6.45, 7) is 3.53. The number of likely N-dealkylation sites (tertiary alicyclic amines) is 1. The lowest BCUT2D eigenvalue weighted by Gasteiger charge is -2.17. The number of halogens is 1. The predicted octanol–water partition coefficient (Wildman–Crippen LogP) is 1.07. The number of ether oxygens (including phenoxy) is 1. The molecule has 8 heteroatoms. The normalized spacial score (nSPS) is 22.8. The van der Waals surface area contributed by atoms with Crippen molar-refractivity contribution in [2.75, 3.05) is 32.8 Å². The van der Waals surface area contributed by atoms with Gasteiger partial charge in [-0.15, -0.1) is 12.4 Å². The Bertz CT molecular complexity index is 540. The van der Waals surface area contributed by atoms with Gasteiger partial charge in [-0.2, -0.15) is 0 Å². The highest BCUT2D eigenvalue weighted by Crippen LogP contribution is 2.26. The van der Waals surface area contributed by atoms with Crippen LogP contribution in [0.15, 0.2) is 24.3 Å². The molecule has 2 aliphatic heterocycles. The van der Waals surface area contributed by atoms with Gasteiger partial charge in [-0.1, -0.05) is 0 Å². The molecular weight excluding hydrogens is 310 g/mol. The van der Waals surface area contributed by atoms with Gasteiger partial charge in [0.15, 0.2) is 6.61 Å². The molecule has 2 saturated heterocycles. The van der Waals surface area contributed by atoms with Gasteiger partial charge in [-0.3, -0.25) is 14.9 Å². The van der Waals surface area contributed by atoms with Crippen LogP contribution in [0.2, 0.25) is 0 Å². The molecule has 1 N–H and O–H groups in total. The third-order valence-electron chi connectivity index (χ3n) is 4.15. The van der Waals surface area contributed by atoms with E-state index in [9.17, 15) is 14.9 Å². The quantitative estimate of drug-likeness (QED) is 0.660. The van der Waals surface area contributed by atoms with Crippen molar-refractivity contribution in [1.82, 2.24) is 10.2 Å². The first-order valence-corrected chi connectivity index (χ1v) is 6.99. The van der Waals surface area contributed by atoms with Gasteiger partial charge in [0.2, 0.25) is 0 Å². The van der Waals surface area contributed by atoms with E-state index in [1.54, 1.807) is 0 Å². The molecule has 0 aliphatic carbocycles. The van der Waals surface area contributed by atoms with Gasteiger partial charge in [0.1, 0.15) is 5.75 Å². The Balaban J connectivity index is 0.00000176. The van der Waals surface area contributed by atoms with E-state index < -0.39 is 4.92 Å². The number of fused-ring (bicyclic) bond motifs is 1. The fourth-order valence-electron chi connectivity index (χ4n) is 2.96. The Kier molecular flexibility index (Phi) is 5.20. The number of benzene rings is 1. The van der Waals surface area contributed by atoms with Crippen molar-refractivity contribution in [3.05, 3.63) is 34.4 Å². The summed E-state index contributed by atoms with van der Waals surface area (Å²) in [5, 5.41) is 13.9. The zero-order chi connectivity index (χ0) is 14.8. The van der Waals surface area contributed by atoms with Crippen LogP contribution in [-0.4, -0.2) is 48.5 Å². The summed E-state index contributed by atoms with van der Waals surface area (Å²) in [7, 11) is 0. The third-order valence-corrected chi connectivity index (χ3v) is 4.15. The molecule has 0 unspecified atom stereocenters. The Labute approximate surface area is 134 Å². The van der Waals surface area contributed by atoms with Crippen molar-refractivity contribution in [1.29, 1.82) is 0 Å². The van der Waals surface area contributed by atoms with E-state index in [4.69, 9.17) is 4.74 Å².